The van der Waals surface area contributed by atoms with E-state index in [2.05, 4.69) is 69.4 Å². The van der Waals surface area contributed by atoms with Crippen molar-refractivity contribution in [2.45, 2.75) is 31.5 Å². The zero-order valence-corrected chi connectivity index (χ0v) is 17.2. The summed E-state index contributed by atoms with van der Waals surface area (Å²) in [7, 11) is 2.23. The fourth-order valence-corrected chi connectivity index (χ4v) is 5.57. The zero-order chi connectivity index (χ0) is 20.6. The molecule has 0 amide bonds. The van der Waals surface area contributed by atoms with Gasteiger partial charge in [-0.3, -0.25) is 0 Å². The molecule has 29 heavy (non-hydrogen) atoms. The first-order valence-corrected chi connectivity index (χ1v) is 10.4. The smallest absolute Gasteiger partial charge is 0.123 e. The minimum absolute atomic E-state index is 0.0506. The van der Waals surface area contributed by atoms with Gasteiger partial charge in [0.25, 0.3) is 0 Å². The Bertz CT molecular complexity index is 888. The lowest BCUT2D eigenvalue weighted by Crippen LogP contribution is -3.13. The highest BCUT2D eigenvalue weighted by atomic mass is 19.1. The van der Waals surface area contributed by atoms with Crippen molar-refractivity contribution in [3.8, 4) is 0 Å². The molecular formula is C26H29FNO+. The predicted octanol–water partition coefficient (Wildman–Crippen LogP) is 4.30. The van der Waals surface area contributed by atoms with Crippen LogP contribution in [0.2, 0.25) is 0 Å². The third kappa shape index (κ3) is 3.29. The van der Waals surface area contributed by atoms with E-state index in [4.69, 9.17) is 0 Å². The van der Waals surface area contributed by atoms with E-state index >= 15 is 0 Å². The number of halogens is 1. The van der Waals surface area contributed by atoms with Gasteiger partial charge in [-0.2, -0.15) is 0 Å². The molecule has 0 radical (unpaired) electrons. The number of benzene rings is 3. The highest BCUT2D eigenvalue weighted by Gasteiger charge is 2.57. The van der Waals surface area contributed by atoms with Crippen LogP contribution in [0.3, 0.4) is 0 Å². The lowest BCUT2D eigenvalue weighted by Gasteiger charge is -2.53. The van der Waals surface area contributed by atoms with Crippen molar-refractivity contribution in [2.75, 3.05) is 7.05 Å². The lowest BCUT2D eigenvalue weighted by molar-refractivity contribution is -0.962. The molecule has 3 aromatic carbocycles. The van der Waals surface area contributed by atoms with Crippen molar-refractivity contribution in [1.29, 1.82) is 0 Å². The van der Waals surface area contributed by atoms with E-state index < -0.39 is 5.60 Å². The Morgan fingerprint density at radius 3 is 1.55 bits per heavy atom. The van der Waals surface area contributed by atoms with Gasteiger partial charge in [0, 0.05) is 23.0 Å². The van der Waals surface area contributed by atoms with Crippen LogP contribution in [-0.4, -0.2) is 12.2 Å². The molecule has 0 spiro atoms. The maximum atomic E-state index is 13.6. The average molecular weight is 391 g/mol. The molecule has 1 fully saturated rings. The number of hydrogen-bond donors (Lipinski definition) is 2. The summed E-state index contributed by atoms with van der Waals surface area (Å²) in [5.41, 5.74) is 2.14. The van der Waals surface area contributed by atoms with Crippen molar-refractivity contribution in [3.63, 3.8) is 0 Å². The molecular weight excluding hydrogens is 361 g/mol. The second kappa shape index (κ2) is 7.74. The first kappa shape index (κ1) is 19.8. The topological polar surface area (TPSA) is 24.7 Å². The van der Waals surface area contributed by atoms with Gasteiger partial charge < -0.3 is 10.0 Å². The third-order valence-corrected chi connectivity index (χ3v) is 6.99. The standard InChI is InChI=1S/C26H28FNO/c1-18-24(20-10-6-4-7-11-20)28(3)25(21-12-8-5-9-13-21)19(2)26(18,29)22-14-16-23(27)17-15-22/h4-19,24-25,29H,1-3H3/p+1/t18-,19-,24-,25-/m0/s1. The summed E-state index contributed by atoms with van der Waals surface area (Å²) >= 11 is 0. The Hall–Kier alpha value is -2.49. The van der Waals surface area contributed by atoms with Crippen LogP contribution in [0.15, 0.2) is 84.9 Å². The van der Waals surface area contributed by atoms with Gasteiger partial charge in [0.05, 0.1) is 7.05 Å². The number of hydrogen-bond acceptors (Lipinski definition) is 1. The number of quaternary nitrogens is 1. The maximum absolute atomic E-state index is 13.6. The van der Waals surface area contributed by atoms with Gasteiger partial charge >= 0.3 is 0 Å². The van der Waals surface area contributed by atoms with Crippen molar-refractivity contribution < 1.29 is 14.4 Å². The number of nitrogens with one attached hydrogen (secondary N) is 1. The highest BCUT2D eigenvalue weighted by Crippen LogP contribution is 2.49. The molecule has 2 N–H and O–H groups in total. The number of rotatable bonds is 3. The molecule has 0 bridgehead atoms. The summed E-state index contributed by atoms with van der Waals surface area (Å²) < 4.78 is 13.6. The van der Waals surface area contributed by atoms with Gasteiger partial charge in [-0.05, 0) is 17.7 Å². The number of aliphatic hydroxyl groups is 1. The van der Waals surface area contributed by atoms with E-state index in [1.54, 1.807) is 12.1 Å². The third-order valence-electron chi connectivity index (χ3n) is 6.99. The van der Waals surface area contributed by atoms with Crippen LogP contribution < -0.4 is 4.90 Å². The van der Waals surface area contributed by atoms with Crippen LogP contribution >= 0.6 is 0 Å². The van der Waals surface area contributed by atoms with E-state index in [1.807, 2.05) is 12.1 Å². The lowest BCUT2D eigenvalue weighted by atomic mass is 9.62. The molecule has 0 aliphatic carbocycles. The van der Waals surface area contributed by atoms with Crippen LogP contribution in [0.1, 0.15) is 42.6 Å². The van der Waals surface area contributed by atoms with E-state index in [1.165, 1.54) is 28.2 Å². The molecule has 3 aromatic rings. The molecule has 1 heterocycles. The average Bonchev–Trinajstić information content (AvgIpc) is 2.74. The predicted molar refractivity (Wildman–Crippen MR) is 114 cm³/mol. The molecule has 2 nitrogen and oxygen atoms in total. The molecule has 150 valence electrons. The summed E-state index contributed by atoms with van der Waals surface area (Å²) in [4.78, 5) is 1.37. The zero-order valence-electron chi connectivity index (χ0n) is 17.2. The van der Waals surface area contributed by atoms with E-state index in [9.17, 15) is 9.50 Å². The maximum Gasteiger partial charge on any atom is 0.123 e. The van der Waals surface area contributed by atoms with Crippen molar-refractivity contribution in [3.05, 3.63) is 107 Å². The van der Waals surface area contributed by atoms with Crippen LogP contribution in [-0.2, 0) is 5.60 Å². The monoisotopic (exact) mass is 390 g/mol. The van der Waals surface area contributed by atoms with Crippen LogP contribution in [0.5, 0.6) is 0 Å². The van der Waals surface area contributed by atoms with Crippen LogP contribution in [0, 0.1) is 17.7 Å². The Labute approximate surface area is 172 Å². The SMILES string of the molecule is C[C@H]1[C@@H](c2ccccc2)[NH+](C)[C@H](c2ccccc2)[C@H](C)C1(O)c1ccc(F)cc1. The number of likely N-dealkylation sites (tertiary alicyclic amines) is 1. The van der Waals surface area contributed by atoms with Crippen molar-refractivity contribution >= 4 is 0 Å². The quantitative estimate of drug-likeness (QED) is 0.685. The van der Waals surface area contributed by atoms with Gasteiger partial charge in [0.2, 0.25) is 0 Å². The minimum Gasteiger partial charge on any atom is -0.384 e. The van der Waals surface area contributed by atoms with Crippen LogP contribution in [0.25, 0.3) is 0 Å². The van der Waals surface area contributed by atoms with Crippen LogP contribution in [0.4, 0.5) is 4.39 Å². The molecule has 1 aliphatic heterocycles. The summed E-state index contributed by atoms with van der Waals surface area (Å²) in [6.07, 6.45) is 0. The summed E-state index contributed by atoms with van der Waals surface area (Å²) in [5.74, 6) is -0.383. The van der Waals surface area contributed by atoms with E-state index in [-0.39, 0.29) is 29.7 Å². The Balaban J connectivity index is 1.89. The molecule has 1 aliphatic rings. The van der Waals surface area contributed by atoms with Crippen molar-refractivity contribution in [2.24, 2.45) is 11.8 Å². The fraction of sp³-hybridized carbons (Fsp3) is 0.308. The molecule has 0 unspecified atom stereocenters. The van der Waals surface area contributed by atoms with Gasteiger partial charge in [0.15, 0.2) is 0 Å². The van der Waals surface area contributed by atoms with E-state index in [0.29, 0.717) is 0 Å². The molecule has 0 saturated carbocycles. The van der Waals surface area contributed by atoms with Gasteiger partial charge in [-0.1, -0.05) is 86.6 Å². The van der Waals surface area contributed by atoms with Gasteiger partial charge in [-0.25, -0.2) is 4.39 Å². The number of piperidine rings is 1. The molecule has 4 atom stereocenters. The summed E-state index contributed by atoms with van der Waals surface area (Å²) in [6, 6.07) is 27.5. The van der Waals surface area contributed by atoms with Gasteiger partial charge in [0.1, 0.15) is 23.5 Å². The molecule has 4 rings (SSSR count). The Morgan fingerprint density at radius 2 is 1.14 bits per heavy atom. The first-order valence-electron chi connectivity index (χ1n) is 10.4. The largest absolute Gasteiger partial charge is 0.384 e. The summed E-state index contributed by atoms with van der Waals surface area (Å²) in [5, 5.41) is 12.2. The second-order valence-corrected chi connectivity index (χ2v) is 8.43. The van der Waals surface area contributed by atoms with Crippen molar-refractivity contribution in [1.82, 2.24) is 0 Å². The summed E-state index contributed by atoms with van der Waals surface area (Å²) in [6.45, 7) is 4.25. The molecule has 0 aromatic heterocycles. The van der Waals surface area contributed by atoms with Gasteiger partial charge in [-0.15, -0.1) is 0 Å². The highest BCUT2D eigenvalue weighted by molar-refractivity contribution is 5.31. The Kier molecular flexibility index (Phi) is 5.28. The van der Waals surface area contributed by atoms with E-state index in [0.717, 1.165) is 5.56 Å². The fourth-order valence-electron chi connectivity index (χ4n) is 5.57. The second-order valence-electron chi connectivity index (χ2n) is 8.43. The first-order chi connectivity index (χ1) is 13.9. The molecule has 1 saturated heterocycles. The molecule has 3 heteroatoms. The Morgan fingerprint density at radius 1 is 0.724 bits per heavy atom. The minimum atomic E-state index is -1.08. The normalized spacial score (nSPS) is 32.1.